The quantitative estimate of drug-likeness (QED) is 0.764. The maximum Gasteiger partial charge on any atom is 0.214 e. The van der Waals surface area contributed by atoms with E-state index in [-0.39, 0.29) is 0 Å². The lowest BCUT2D eigenvalue weighted by atomic mass is 9.85. The summed E-state index contributed by atoms with van der Waals surface area (Å²) in [7, 11) is 0. The highest BCUT2D eigenvalue weighted by molar-refractivity contribution is 5.34. The van der Waals surface area contributed by atoms with E-state index in [1.54, 1.807) is 12.1 Å². The first-order valence-corrected chi connectivity index (χ1v) is 6.35. The van der Waals surface area contributed by atoms with E-state index in [1.165, 1.54) is 0 Å². The summed E-state index contributed by atoms with van der Waals surface area (Å²) < 4.78 is 5.74. The van der Waals surface area contributed by atoms with Gasteiger partial charge in [-0.05, 0) is 37.7 Å². The van der Waals surface area contributed by atoms with E-state index in [0.29, 0.717) is 29.9 Å². The molecule has 0 saturated heterocycles. The van der Waals surface area contributed by atoms with Crippen molar-refractivity contribution >= 4 is 0 Å². The summed E-state index contributed by atoms with van der Waals surface area (Å²) >= 11 is 0. The fourth-order valence-electron chi connectivity index (χ4n) is 2.21. The van der Waals surface area contributed by atoms with Crippen molar-refractivity contribution in [1.82, 2.24) is 4.98 Å². The molecule has 0 fully saturated rings. The van der Waals surface area contributed by atoms with Gasteiger partial charge in [-0.2, -0.15) is 5.26 Å². The molecule has 2 atom stereocenters. The molecule has 0 spiro atoms. The van der Waals surface area contributed by atoms with Crippen LogP contribution in [-0.2, 0) is 0 Å². The molecule has 0 aliphatic heterocycles. The van der Waals surface area contributed by atoms with Crippen molar-refractivity contribution in [2.24, 2.45) is 11.8 Å². The van der Waals surface area contributed by atoms with Crippen molar-refractivity contribution in [3.05, 3.63) is 35.5 Å². The molecule has 3 heteroatoms. The Labute approximate surface area is 108 Å². The van der Waals surface area contributed by atoms with E-state index in [0.717, 1.165) is 18.5 Å². The summed E-state index contributed by atoms with van der Waals surface area (Å²) in [5, 5.41) is 8.90. The molecule has 0 aromatic carbocycles. The molecule has 0 amide bonds. The Morgan fingerprint density at radius 1 is 1.39 bits per heavy atom. The zero-order valence-electron chi connectivity index (χ0n) is 10.9. The molecule has 1 heterocycles. The van der Waals surface area contributed by atoms with Crippen LogP contribution >= 0.6 is 0 Å². The molecule has 1 aromatic rings. The number of hydrogen-bond donors (Lipinski definition) is 0. The summed E-state index contributed by atoms with van der Waals surface area (Å²) in [6.07, 6.45) is 6.65. The lowest BCUT2D eigenvalue weighted by Crippen LogP contribution is -2.21. The second-order valence-corrected chi connectivity index (χ2v) is 4.94. The lowest BCUT2D eigenvalue weighted by Gasteiger charge is -2.24. The van der Waals surface area contributed by atoms with Crippen LogP contribution < -0.4 is 4.74 Å². The number of nitrogens with zero attached hydrogens (tertiary/aromatic N) is 2. The van der Waals surface area contributed by atoms with Crippen molar-refractivity contribution in [1.29, 1.82) is 5.26 Å². The predicted molar refractivity (Wildman–Crippen MR) is 70.2 cm³/mol. The third-order valence-corrected chi connectivity index (χ3v) is 3.42. The fourth-order valence-corrected chi connectivity index (χ4v) is 2.21. The van der Waals surface area contributed by atoms with E-state index in [1.807, 2.05) is 6.92 Å². The maximum atomic E-state index is 8.90. The smallest absolute Gasteiger partial charge is 0.214 e. The van der Waals surface area contributed by atoms with E-state index >= 15 is 0 Å². The molecule has 0 radical (unpaired) electrons. The minimum Gasteiger partial charge on any atom is -0.477 e. The first-order valence-electron chi connectivity index (χ1n) is 6.35. The summed E-state index contributed by atoms with van der Waals surface area (Å²) in [5.74, 6) is 1.76. The number of allylic oxidation sites excluding steroid dienone is 2. The van der Waals surface area contributed by atoms with Crippen LogP contribution in [0.15, 0.2) is 24.3 Å². The van der Waals surface area contributed by atoms with Crippen LogP contribution in [0.25, 0.3) is 0 Å². The molecular weight excluding hydrogens is 224 g/mol. The van der Waals surface area contributed by atoms with Gasteiger partial charge in [-0.25, -0.2) is 4.98 Å². The van der Waals surface area contributed by atoms with E-state index in [9.17, 15) is 0 Å². The van der Waals surface area contributed by atoms with Gasteiger partial charge in [0.2, 0.25) is 5.88 Å². The predicted octanol–water partition coefficient (Wildman–Crippen LogP) is 3.24. The normalized spacial score (nSPS) is 22.5. The fraction of sp³-hybridized carbons (Fsp3) is 0.467. The Balaban J connectivity index is 2.00. The number of nitriles is 1. The van der Waals surface area contributed by atoms with Crippen LogP contribution in [0.4, 0.5) is 0 Å². The van der Waals surface area contributed by atoms with Gasteiger partial charge >= 0.3 is 0 Å². The largest absolute Gasteiger partial charge is 0.477 e. The summed E-state index contributed by atoms with van der Waals surface area (Å²) in [4.78, 5) is 4.30. The Kier molecular flexibility index (Phi) is 3.99. The summed E-state index contributed by atoms with van der Waals surface area (Å²) in [6, 6.07) is 5.59. The van der Waals surface area contributed by atoms with Crippen LogP contribution in [0.2, 0.25) is 0 Å². The molecule has 3 nitrogen and oxygen atoms in total. The van der Waals surface area contributed by atoms with Crippen molar-refractivity contribution < 1.29 is 4.74 Å². The number of pyridine rings is 1. The number of aromatic nitrogens is 1. The minimum absolute atomic E-state index is 0.544. The van der Waals surface area contributed by atoms with E-state index in [4.69, 9.17) is 10.00 Å². The Bertz CT molecular complexity index is 488. The molecule has 0 saturated carbocycles. The lowest BCUT2D eigenvalue weighted by molar-refractivity contribution is 0.192. The zero-order chi connectivity index (χ0) is 13.0. The van der Waals surface area contributed by atoms with Gasteiger partial charge in [0.15, 0.2) is 0 Å². The van der Waals surface area contributed by atoms with Crippen molar-refractivity contribution in [2.45, 2.75) is 26.7 Å². The Morgan fingerprint density at radius 2 is 2.17 bits per heavy atom. The van der Waals surface area contributed by atoms with E-state index in [2.05, 4.69) is 30.1 Å². The molecule has 0 bridgehead atoms. The SMILES string of the molecule is Cc1cc(C#N)cc(OCC2CC=CCC2C)n1. The molecule has 0 N–H and O–H groups in total. The van der Waals surface area contributed by atoms with Gasteiger partial charge in [-0.15, -0.1) is 0 Å². The van der Waals surface area contributed by atoms with Gasteiger partial charge in [-0.3, -0.25) is 0 Å². The van der Waals surface area contributed by atoms with Gasteiger partial charge < -0.3 is 4.74 Å². The second-order valence-electron chi connectivity index (χ2n) is 4.94. The highest BCUT2D eigenvalue weighted by Crippen LogP contribution is 2.25. The first-order chi connectivity index (χ1) is 8.69. The second kappa shape index (κ2) is 5.68. The van der Waals surface area contributed by atoms with Crippen molar-refractivity contribution in [3.8, 4) is 11.9 Å². The topological polar surface area (TPSA) is 45.9 Å². The van der Waals surface area contributed by atoms with Crippen LogP contribution in [-0.4, -0.2) is 11.6 Å². The monoisotopic (exact) mass is 242 g/mol. The molecule has 1 aliphatic rings. The third-order valence-electron chi connectivity index (χ3n) is 3.42. The van der Waals surface area contributed by atoms with Gasteiger partial charge in [0.05, 0.1) is 18.2 Å². The molecule has 94 valence electrons. The van der Waals surface area contributed by atoms with Gasteiger partial charge in [0, 0.05) is 11.8 Å². The summed E-state index contributed by atoms with van der Waals surface area (Å²) in [6.45, 7) is 4.80. The highest BCUT2D eigenvalue weighted by Gasteiger charge is 2.19. The minimum atomic E-state index is 0.544. The summed E-state index contributed by atoms with van der Waals surface area (Å²) in [5.41, 5.74) is 1.43. The third kappa shape index (κ3) is 3.10. The highest BCUT2D eigenvalue weighted by atomic mass is 16.5. The van der Waals surface area contributed by atoms with Crippen LogP contribution in [0.5, 0.6) is 5.88 Å². The van der Waals surface area contributed by atoms with Crippen LogP contribution in [0.3, 0.4) is 0 Å². The maximum absolute atomic E-state index is 8.90. The first kappa shape index (κ1) is 12.6. The molecular formula is C15H18N2O. The van der Waals surface area contributed by atoms with Crippen LogP contribution in [0, 0.1) is 30.1 Å². The van der Waals surface area contributed by atoms with Crippen molar-refractivity contribution in [2.75, 3.05) is 6.61 Å². The van der Waals surface area contributed by atoms with Gasteiger partial charge in [0.1, 0.15) is 0 Å². The Hall–Kier alpha value is -1.82. The average Bonchev–Trinajstić information content (AvgIpc) is 2.37. The van der Waals surface area contributed by atoms with Gasteiger partial charge in [0.25, 0.3) is 0 Å². The molecule has 2 unspecified atom stereocenters. The molecule has 18 heavy (non-hydrogen) atoms. The number of aryl methyl sites for hydroxylation is 1. The zero-order valence-corrected chi connectivity index (χ0v) is 10.9. The molecule has 1 aromatic heterocycles. The number of hydrogen-bond acceptors (Lipinski definition) is 3. The molecule has 2 rings (SSSR count). The molecule has 1 aliphatic carbocycles. The number of ether oxygens (including phenoxy) is 1. The number of rotatable bonds is 3. The average molecular weight is 242 g/mol. The standard InChI is InChI=1S/C15H18N2O/c1-11-5-3-4-6-14(11)10-18-15-8-13(9-16)7-12(2)17-15/h3-4,7-8,11,14H,5-6,10H2,1-2H3. The van der Waals surface area contributed by atoms with E-state index < -0.39 is 0 Å². The van der Waals surface area contributed by atoms with Crippen LogP contribution in [0.1, 0.15) is 31.0 Å². The van der Waals surface area contributed by atoms with Crippen molar-refractivity contribution in [3.63, 3.8) is 0 Å². The van der Waals surface area contributed by atoms with Gasteiger partial charge in [-0.1, -0.05) is 19.1 Å². The Morgan fingerprint density at radius 3 is 2.89 bits per heavy atom.